The Balaban J connectivity index is 0. The predicted octanol–water partition coefficient (Wildman–Crippen LogP) is 1.28. The molecule has 3 nitrogen and oxygen atoms in total. The van der Waals surface area contributed by atoms with Crippen molar-refractivity contribution in [3.05, 3.63) is 12.7 Å². The molecule has 0 saturated carbocycles. The lowest BCUT2D eigenvalue weighted by Gasteiger charge is -1.98. The first-order valence-corrected chi connectivity index (χ1v) is 3.54. The van der Waals surface area contributed by atoms with Crippen molar-refractivity contribution in [2.24, 2.45) is 5.92 Å². The SMILES string of the molecule is C=CC(=O)O.CCC(C)CO. The topological polar surface area (TPSA) is 57.5 Å². The van der Waals surface area contributed by atoms with E-state index < -0.39 is 5.97 Å². The number of aliphatic hydroxyl groups is 1. The summed E-state index contributed by atoms with van der Waals surface area (Å²) in [7, 11) is 0. The van der Waals surface area contributed by atoms with Crippen molar-refractivity contribution < 1.29 is 15.0 Å². The second-order valence-corrected chi connectivity index (χ2v) is 2.24. The smallest absolute Gasteiger partial charge is 0.327 e. The fraction of sp³-hybridized carbons (Fsp3) is 0.625. The third-order valence-electron chi connectivity index (χ3n) is 1.18. The van der Waals surface area contributed by atoms with E-state index in [0.717, 1.165) is 12.5 Å². The van der Waals surface area contributed by atoms with Gasteiger partial charge in [-0.2, -0.15) is 0 Å². The molecule has 0 aliphatic rings. The molecule has 66 valence electrons. The number of carboxylic acids is 1. The van der Waals surface area contributed by atoms with Crippen molar-refractivity contribution in [3.63, 3.8) is 0 Å². The first-order valence-electron chi connectivity index (χ1n) is 3.54. The molecular formula is C8H16O3. The number of carboxylic acid groups (broad SMARTS) is 1. The second-order valence-electron chi connectivity index (χ2n) is 2.24. The van der Waals surface area contributed by atoms with Gasteiger partial charge in [0.15, 0.2) is 0 Å². The molecule has 2 N–H and O–H groups in total. The van der Waals surface area contributed by atoms with Crippen LogP contribution in [0.3, 0.4) is 0 Å². The van der Waals surface area contributed by atoms with Crippen LogP contribution < -0.4 is 0 Å². The minimum absolute atomic E-state index is 0.330. The molecule has 0 saturated heterocycles. The van der Waals surface area contributed by atoms with Crippen molar-refractivity contribution in [3.8, 4) is 0 Å². The normalized spacial score (nSPS) is 10.8. The molecule has 0 heterocycles. The van der Waals surface area contributed by atoms with Gasteiger partial charge in [-0.25, -0.2) is 4.79 Å². The lowest BCUT2D eigenvalue weighted by molar-refractivity contribution is -0.131. The fourth-order valence-corrected chi connectivity index (χ4v) is 0.129. The summed E-state index contributed by atoms with van der Waals surface area (Å²) >= 11 is 0. The minimum Gasteiger partial charge on any atom is -0.478 e. The van der Waals surface area contributed by atoms with E-state index in [1.807, 2.05) is 6.92 Å². The summed E-state index contributed by atoms with van der Waals surface area (Å²) in [4.78, 5) is 9.25. The molecule has 0 aliphatic heterocycles. The molecule has 0 aliphatic carbocycles. The lowest BCUT2D eigenvalue weighted by atomic mass is 10.1. The maximum Gasteiger partial charge on any atom is 0.327 e. The van der Waals surface area contributed by atoms with Crippen LogP contribution >= 0.6 is 0 Å². The lowest BCUT2D eigenvalue weighted by Crippen LogP contribution is -1.96. The third kappa shape index (κ3) is 17.6. The quantitative estimate of drug-likeness (QED) is 0.611. The van der Waals surface area contributed by atoms with Crippen LogP contribution in [-0.2, 0) is 4.79 Å². The fourth-order valence-electron chi connectivity index (χ4n) is 0.129. The number of aliphatic carboxylic acids is 1. The zero-order valence-electron chi connectivity index (χ0n) is 7.08. The zero-order chi connectivity index (χ0) is 9.28. The number of aliphatic hydroxyl groups excluding tert-OH is 1. The molecule has 0 fully saturated rings. The van der Waals surface area contributed by atoms with Gasteiger partial charge >= 0.3 is 5.97 Å². The van der Waals surface area contributed by atoms with Gasteiger partial charge in [-0.15, -0.1) is 0 Å². The molecule has 0 bridgehead atoms. The van der Waals surface area contributed by atoms with Gasteiger partial charge in [0.25, 0.3) is 0 Å². The van der Waals surface area contributed by atoms with E-state index in [1.165, 1.54) is 0 Å². The van der Waals surface area contributed by atoms with E-state index in [9.17, 15) is 4.79 Å². The predicted molar refractivity (Wildman–Crippen MR) is 44.4 cm³/mol. The Hall–Kier alpha value is -0.830. The largest absolute Gasteiger partial charge is 0.478 e. The Labute approximate surface area is 67.4 Å². The van der Waals surface area contributed by atoms with Crippen LogP contribution in [0.2, 0.25) is 0 Å². The first kappa shape index (κ1) is 12.8. The van der Waals surface area contributed by atoms with Crippen molar-refractivity contribution in [1.82, 2.24) is 0 Å². The molecule has 11 heavy (non-hydrogen) atoms. The van der Waals surface area contributed by atoms with Crippen LogP contribution in [0.1, 0.15) is 20.3 Å². The first-order chi connectivity index (χ1) is 5.08. The van der Waals surface area contributed by atoms with Crippen molar-refractivity contribution in [2.75, 3.05) is 6.61 Å². The molecule has 1 atom stereocenters. The molecule has 0 rings (SSSR count). The van der Waals surface area contributed by atoms with Crippen molar-refractivity contribution in [1.29, 1.82) is 0 Å². The van der Waals surface area contributed by atoms with Crippen LogP contribution in [0.15, 0.2) is 12.7 Å². The number of rotatable bonds is 3. The minimum atomic E-state index is -0.981. The molecule has 1 unspecified atom stereocenters. The Bertz CT molecular complexity index is 106. The van der Waals surface area contributed by atoms with E-state index in [4.69, 9.17) is 10.2 Å². The summed E-state index contributed by atoms with van der Waals surface area (Å²) in [6.07, 6.45) is 1.91. The van der Waals surface area contributed by atoms with Crippen LogP contribution in [0.5, 0.6) is 0 Å². The highest BCUT2D eigenvalue weighted by Gasteiger charge is 1.90. The standard InChI is InChI=1S/C5H12O.C3H4O2/c1-3-5(2)4-6;1-2-3(4)5/h5-6H,3-4H2,1-2H3;2H,1H2,(H,4,5). The zero-order valence-corrected chi connectivity index (χ0v) is 7.08. The van der Waals surface area contributed by atoms with Gasteiger partial charge in [-0.3, -0.25) is 0 Å². The summed E-state index contributed by atoms with van der Waals surface area (Å²) in [5, 5.41) is 15.9. The Kier molecular flexibility index (Phi) is 10.7. The van der Waals surface area contributed by atoms with E-state index >= 15 is 0 Å². The van der Waals surface area contributed by atoms with E-state index in [0.29, 0.717) is 12.5 Å². The molecule has 0 aromatic carbocycles. The van der Waals surface area contributed by atoms with E-state index in [1.54, 1.807) is 0 Å². The maximum absolute atomic E-state index is 9.25. The summed E-state index contributed by atoms with van der Waals surface area (Å²) in [5.74, 6) is -0.491. The van der Waals surface area contributed by atoms with Crippen LogP contribution in [-0.4, -0.2) is 22.8 Å². The van der Waals surface area contributed by atoms with Gasteiger partial charge in [0.2, 0.25) is 0 Å². The van der Waals surface area contributed by atoms with Crippen molar-refractivity contribution >= 4 is 5.97 Å². The van der Waals surface area contributed by atoms with Crippen LogP contribution in [0, 0.1) is 5.92 Å². The van der Waals surface area contributed by atoms with Gasteiger partial charge in [-0.05, 0) is 5.92 Å². The Morgan fingerprint density at radius 2 is 2.09 bits per heavy atom. The average molecular weight is 160 g/mol. The number of hydrogen-bond donors (Lipinski definition) is 2. The summed E-state index contributed by atoms with van der Waals surface area (Å²) in [5.41, 5.74) is 0. The number of hydrogen-bond acceptors (Lipinski definition) is 2. The molecule has 0 aromatic heterocycles. The molecule has 0 aromatic rings. The van der Waals surface area contributed by atoms with Gasteiger partial charge in [-0.1, -0.05) is 26.8 Å². The highest BCUT2D eigenvalue weighted by atomic mass is 16.4. The van der Waals surface area contributed by atoms with Crippen molar-refractivity contribution in [2.45, 2.75) is 20.3 Å². The van der Waals surface area contributed by atoms with Gasteiger partial charge in [0.05, 0.1) is 0 Å². The summed E-state index contributed by atoms with van der Waals surface area (Å²) < 4.78 is 0. The van der Waals surface area contributed by atoms with Crippen LogP contribution in [0.4, 0.5) is 0 Å². The average Bonchev–Trinajstić information content (AvgIpc) is 2.04. The molecule has 0 spiro atoms. The highest BCUT2D eigenvalue weighted by molar-refractivity contribution is 5.78. The second kappa shape index (κ2) is 9.17. The number of carbonyl (C=O) groups is 1. The van der Waals surface area contributed by atoms with E-state index in [-0.39, 0.29) is 0 Å². The monoisotopic (exact) mass is 160 g/mol. The highest BCUT2D eigenvalue weighted by Crippen LogP contribution is 1.95. The molecular weight excluding hydrogens is 144 g/mol. The van der Waals surface area contributed by atoms with Crippen LogP contribution in [0.25, 0.3) is 0 Å². The van der Waals surface area contributed by atoms with Gasteiger partial charge < -0.3 is 10.2 Å². The summed E-state index contributed by atoms with van der Waals surface area (Å²) in [6, 6.07) is 0. The molecule has 0 amide bonds. The van der Waals surface area contributed by atoms with Gasteiger partial charge in [0, 0.05) is 12.7 Å². The Morgan fingerprint density at radius 3 is 2.09 bits per heavy atom. The van der Waals surface area contributed by atoms with Gasteiger partial charge in [0.1, 0.15) is 0 Å². The maximum atomic E-state index is 9.25. The Morgan fingerprint density at radius 1 is 1.73 bits per heavy atom. The third-order valence-corrected chi connectivity index (χ3v) is 1.18. The van der Waals surface area contributed by atoms with E-state index in [2.05, 4.69) is 13.5 Å². The summed E-state index contributed by atoms with van der Waals surface area (Å²) in [6.45, 7) is 7.39. The molecule has 3 heteroatoms. The molecule has 0 radical (unpaired) electrons.